The molecule has 0 saturated carbocycles. The normalized spacial score (nSPS) is 12.9. The average Bonchev–Trinajstić information content (AvgIpc) is 2.27. The predicted molar refractivity (Wildman–Crippen MR) is 69.1 cm³/mol. The van der Waals surface area contributed by atoms with Crippen LogP contribution in [0.5, 0.6) is 0 Å². The van der Waals surface area contributed by atoms with Gasteiger partial charge in [0.25, 0.3) is 5.56 Å². The Hall–Kier alpha value is -1.16. The van der Waals surface area contributed by atoms with Gasteiger partial charge in [-0.1, -0.05) is 28.9 Å². The fraction of sp³-hybridized carbons (Fsp3) is 0.333. The van der Waals surface area contributed by atoms with Crippen LogP contribution in [0.2, 0.25) is 0 Å². The van der Waals surface area contributed by atoms with Gasteiger partial charge in [-0.15, -0.1) is 0 Å². The first-order valence-electron chi connectivity index (χ1n) is 5.28. The highest BCUT2D eigenvalue weighted by atomic mass is 79.9. The van der Waals surface area contributed by atoms with Crippen molar-refractivity contribution in [2.45, 2.75) is 25.1 Å². The van der Waals surface area contributed by atoms with E-state index in [1.54, 1.807) is 0 Å². The maximum atomic E-state index is 11.6. The van der Waals surface area contributed by atoms with Crippen molar-refractivity contribution >= 4 is 27.0 Å². The van der Waals surface area contributed by atoms with Gasteiger partial charge in [-0.05, 0) is 31.0 Å². The summed E-state index contributed by atoms with van der Waals surface area (Å²) in [5.41, 5.74) is 3.27. The van der Waals surface area contributed by atoms with Gasteiger partial charge in [0.1, 0.15) is 5.69 Å². The molecule has 1 N–H and O–H groups in total. The molecule has 3 nitrogen and oxygen atoms in total. The van der Waals surface area contributed by atoms with Crippen molar-refractivity contribution in [2.75, 3.05) is 0 Å². The van der Waals surface area contributed by atoms with Crippen LogP contribution >= 0.6 is 15.9 Å². The maximum absolute atomic E-state index is 11.6. The van der Waals surface area contributed by atoms with E-state index in [1.807, 2.05) is 32.0 Å². The van der Waals surface area contributed by atoms with Crippen LogP contribution in [-0.4, -0.2) is 9.97 Å². The van der Waals surface area contributed by atoms with Crippen molar-refractivity contribution in [3.8, 4) is 0 Å². The second-order valence-electron chi connectivity index (χ2n) is 3.76. The number of alkyl halides is 1. The number of hydrogen-bond donors (Lipinski definition) is 1. The van der Waals surface area contributed by atoms with Gasteiger partial charge < -0.3 is 4.98 Å². The smallest absolute Gasteiger partial charge is 0.270 e. The van der Waals surface area contributed by atoms with Crippen molar-refractivity contribution < 1.29 is 0 Å². The summed E-state index contributed by atoms with van der Waals surface area (Å²) >= 11 is 3.50. The lowest BCUT2D eigenvalue weighted by Gasteiger charge is -2.05. The number of aromatic amines is 1. The van der Waals surface area contributed by atoms with E-state index in [1.165, 1.54) is 0 Å². The highest BCUT2D eigenvalue weighted by Gasteiger charge is 2.05. The number of halogens is 1. The molecular formula is C12H13BrN2O. The van der Waals surface area contributed by atoms with E-state index in [2.05, 4.69) is 25.9 Å². The van der Waals surface area contributed by atoms with Crippen molar-refractivity contribution in [1.82, 2.24) is 9.97 Å². The van der Waals surface area contributed by atoms with Gasteiger partial charge in [-0.25, -0.2) is 4.98 Å². The Morgan fingerprint density at radius 2 is 2.25 bits per heavy atom. The monoisotopic (exact) mass is 280 g/mol. The quantitative estimate of drug-likeness (QED) is 0.860. The molecule has 2 aromatic rings. The van der Waals surface area contributed by atoms with Crippen LogP contribution in [0.25, 0.3) is 11.0 Å². The first kappa shape index (κ1) is 11.3. The first-order valence-corrected chi connectivity index (χ1v) is 6.20. The molecule has 1 unspecified atom stereocenters. The molecule has 0 radical (unpaired) electrons. The molecule has 1 aromatic carbocycles. The highest BCUT2D eigenvalue weighted by molar-refractivity contribution is 9.09. The fourth-order valence-corrected chi connectivity index (χ4v) is 1.91. The molecule has 0 aliphatic heterocycles. The molecule has 0 spiro atoms. The van der Waals surface area contributed by atoms with Gasteiger partial charge in [0, 0.05) is 4.83 Å². The van der Waals surface area contributed by atoms with Gasteiger partial charge >= 0.3 is 0 Å². The minimum Gasteiger partial charge on any atom is -0.319 e. The van der Waals surface area contributed by atoms with Crippen LogP contribution in [0.15, 0.2) is 23.0 Å². The molecular weight excluding hydrogens is 268 g/mol. The molecule has 4 heteroatoms. The Labute approximate surface area is 102 Å². The summed E-state index contributed by atoms with van der Waals surface area (Å²) in [7, 11) is 0. The van der Waals surface area contributed by atoms with E-state index < -0.39 is 0 Å². The predicted octanol–water partition coefficient (Wildman–Crippen LogP) is 2.94. The van der Waals surface area contributed by atoms with E-state index in [9.17, 15) is 4.79 Å². The lowest BCUT2D eigenvalue weighted by molar-refractivity contribution is 0.994. The Morgan fingerprint density at radius 1 is 1.50 bits per heavy atom. The number of fused-ring (bicyclic) bond motifs is 1. The number of H-pyrrole nitrogens is 1. The SMILES string of the molecule is CCc1nc2ccc(C(C)Br)cc2[nH]c1=O. The summed E-state index contributed by atoms with van der Waals surface area (Å²) < 4.78 is 0. The molecule has 0 amide bonds. The molecule has 2 rings (SSSR count). The fourth-order valence-electron chi connectivity index (χ4n) is 1.63. The first-order chi connectivity index (χ1) is 7.61. The zero-order valence-corrected chi connectivity index (χ0v) is 10.8. The van der Waals surface area contributed by atoms with E-state index in [0.717, 1.165) is 16.6 Å². The van der Waals surface area contributed by atoms with Gasteiger partial charge in [-0.2, -0.15) is 0 Å². The van der Waals surface area contributed by atoms with Crippen LogP contribution < -0.4 is 5.56 Å². The molecule has 0 aliphatic rings. The van der Waals surface area contributed by atoms with E-state index in [0.29, 0.717) is 12.1 Å². The van der Waals surface area contributed by atoms with Crippen molar-refractivity contribution in [3.63, 3.8) is 0 Å². The molecule has 1 aromatic heterocycles. The number of rotatable bonds is 2. The van der Waals surface area contributed by atoms with Crippen LogP contribution in [0.1, 0.15) is 29.9 Å². The lowest BCUT2D eigenvalue weighted by Crippen LogP contribution is -2.14. The number of nitrogens with one attached hydrogen (secondary N) is 1. The van der Waals surface area contributed by atoms with Gasteiger partial charge in [0.05, 0.1) is 11.0 Å². The minimum absolute atomic E-state index is 0.0885. The molecule has 1 heterocycles. The Kier molecular flexibility index (Phi) is 3.10. The molecule has 0 aliphatic carbocycles. The second-order valence-corrected chi connectivity index (χ2v) is 5.13. The van der Waals surface area contributed by atoms with Crippen LogP contribution in [0.4, 0.5) is 0 Å². The maximum Gasteiger partial charge on any atom is 0.270 e. The molecule has 16 heavy (non-hydrogen) atoms. The molecule has 84 valence electrons. The summed E-state index contributed by atoms with van der Waals surface area (Å²) in [6.07, 6.45) is 0.655. The van der Waals surface area contributed by atoms with Crippen LogP contribution in [0, 0.1) is 0 Å². The molecule has 0 fully saturated rings. The number of hydrogen-bond acceptors (Lipinski definition) is 2. The van der Waals surface area contributed by atoms with E-state index in [-0.39, 0.29) is 10.4 Å². The topological polar surface area (TPSA) is 45.8 Å². The van der Waals surface area contributed by atoms with Gasteiger partial charge in [0.15, 0.2) is 0 Å². The Bertz CT molecular complexity index is 575. The van der Waals surface area contributed by atoms with Gasteiger partial charge in [0.2, 0.25) is 0 Å². The third-order valence-corrected chi connectivity index (χ3v) is 3.11. The summed E-state index contributed by atoms with van der Waals surface area (Å²) in [6, 6.07) is 5.92. The third-order valence-electron chi connectivity index (χ3n) is 2.58. The largest absolute Gasteiger partial charge is 0.319 e. The van der Waals surface area contributed by atoms with Crippen LogP contribution in [-0.2, 0) is 6.42 Å². The second kappa shape index (κ2) is 4.37. The van der Waals surface area contributed by atoms with E-state index >= 15 is 0 Å². The summed E-state index contributed by atoms with van der Waals surface area (Å²) in [5.74, 6) is 0. The lowest BCUT2D eigenvalue weighted by atomic mass is 10.1. The van der Waals surface area contributed by atoms with Crippen molar-refractivity contribution in [1.29, 1.82) is 0 Å². The zero-order valence-electron chi connectivity index (χ0n) is 9.25. The van der Waals surface area contributed by atoms with E-state index in [4.69, 9.17) is 0 Å². The number of nitrogens with zero attached hydrogens (tertiary/aromatic N) is 1. The summed E-state index contributed by atoms with van der Waals surface area (Å²) in [6.45, 7) is 3.98. The Balaban J connectivity index is 2.67. The molecule has 0 bridgehead atoms. The highest BCUT2D eigenvalue weighted by Crippen LogP contribution is 2.23. The standard InChI is InChI=1S/C12H13BrN2O/c1-3-9-12(16)15-11-6-8(7(2)13)4-5-10(11)14-9/h4-7H,3H2,1-2H3,(H,15,16). The Morgan fingerprint density at radius 3 is 2.88 bits per heavy atom. The number of benzene rings is 1. The van der Waals surface area contributed by atoms with Crippen LogP contribution in [0.3, 0.4) is 0 Å². The molecule has 0 saturated heterocycles. The summed E-state index contributed by atoms with van der Waals surface area (Å²) in [4.78, 5) is 19.1. The van der Waals surface area contributed by atoms with Gasteiger partial charge in [-0.3, -0.25) is 4.79 Å². The minimum atomic E-state index is -0.0885. The number of aryl methyl sites for hydroxylation is 1. The third kappa shape index (κ3) is 2.02. The van der Waals surface area contributed by atoms with Crippen molar-refractivity contribution in [3.05, 3.63) is 39.8 Å². The zero-order chi connectivity index (χ0) is 11.7. The average molecular weight is 281 g/mol. The number of aromatic nitrogens is 2. The molecule has 1 atom stereocenters. The van der Waals surface area contributed by atoms with Crippen molar-refractivity contribution in [2.24, 2.45) is 0 Å². The summed E-state index contributed by atoms with van der Waals surface area (Å²) in [5, 5.41) is 0.